The van der Waals surface area contributed by atoms with Gasteiger partial charge in [-0.2, -0.15) is 4.79 Å². The molecule has 0 bridgehead atoms. The minimum absolute atomic E-state index is 0.0370. The highest BCUT2D eigenvalue weighted by molar-refractivity contribution is 6.60. The van der Waals surface area contributed by atoms with E-state index >= 15 is 0 Å². The molecule has 0 radical (unpaired) electrons. The number of rotatable bonds is 6. The Labute approximate surface area is 132 Å². The molecule has 2 rings (SSSR count). The Morgan fingerprint density at radius 3 is 1.52 bits per heavy atom. The predicted octanol–water partition coefficient (Wildman–Crippen LogP) is 2.14. The summed E-state index contributed by atoms with van der Waals surface area (Å²) in [5.74, 6) is -2.09. The maximum Gasteiger partial charge on any atom is 0.482 e. The highest BCUT2D eigenvalue weighted by atomic mass is 16.6. The molecule has 0 unspecified atom stereocenters. The second-order valence-electron chi connectivity index (χ2n) is 4.57. The van der Waals surface area contributed by atoms with Crippen molar-refractivity contribution in [3.05, 3.63) is 77.3 Å². The van der Waals surface area contributed by atoms with Gasteiger partial charge in [-0.05, 0) is 11.1 Å². The second kappa shape index (κ2) is 8.26. The lowest BCUT2D eigenvalue weighted by Crippen LogP contribution is -2.29. The molecule has 2 aromatic carbocycles. The normalized spacial score (nSPS) is 9.57. The Hall–Kier alpha value is -3.24. The van der Waals surface area contributed by atoms with Crippen molar-refractivity contribution in [3.63, 3.8) is 0 Å². The SMILES string of the molecule is [N-]=[N+]=C(C(=O)OCc1ccccc1)C(=O)OCc1ccccc1. The number of nitrogens with zero attached hydrogens (tertiary/aromatic N) is 2. The van der Waals surface area contributed by atoms with E-state index in [4.69, 9.17) is 15.0 Å². The van der Waals surface area contributed by atoms with Gasteiger partial charge in [0, 0.05) is 0 Å². The van der Waals surface area contributed by atoms with Gasteiger partial charge in [-0.15, -0.1) is 0 Å². The maximum atomic E-state index is 11.8. The lowest BCUT2D eigenvalue weighted by molar-refractivity contribution is -0.150. The fourth-order valence-electron chi connectivity index (χ4n) is 1.75. The van der Waals surface area contributed by atoms with E-state index in [2.05, 4.69) is 4.79 Å². The van der Waals surface area contributed by atoms with Crippen LogP contribution in [-0.2, 0) is 32.3 Å². The van der Waals surface area contributed by atoms with Crippen LogP contribution in [0.2, 0.25) is 0 Å². The minimum atomic E-state index is -1.05. The predicted molar refractivity (Wildman–Crippen MR) is 81.1 cm³/mol. The summed E-state index contributed by atoms with van der Waals surface area (Å²) in [6.45, 7) is -0.0741. The Morgan fingerprint density at radius 2 is 1.17 bits per heavy atom. The van der Waals surface area contributed by atoms with Crippen LogP contribution in [0.3, 0.4) is 0 Å². The molecule has 6 nitrogen and oxygen atoms in total. The molecular weight excluding hydrogens is 296 g/mol. The highest BCUT2D eigenvalue weighted by Gasteiger charge is 2.33. The van der Waals surface area contributed by atoms with Gasteiger partial charge in [0.05, 0.1) is 0 Å². The lowest BCUT2D eigenvalue weighted by atomic mass is 10.2. The number of hydrogen-bond donors (Lipinski definition) is 0. The Kier molecular flexibility index (Phi) is 5.80. The lowest BCUT2D eigenvalue weighted by Gasteiger charge is -2.03. The summed E-state index contributed by atoms with van der Waals surface area (Å²) in [4.78, 5) is 26.3. The molecule has 0 amide bonds. The fourth-order valence-corrected chi connectivity index (χ4v) is 1.75. The van der Waals surface area contributed by atoms with E-state index in [1.54, 1.807) is 48.5 Å². The molecule has 0 heterocycles. The van der Waals surface area contributed by atoms with Crippen molar-refractivity contribution in [2.24, 2.45) is 0 Å². The molecule has 0 saturated carbocycles. The Balaban J connectivity index is 1.89. The maximum absolute atomic E-state index is 11.8. The quantitative estimate of drug-likeness (QED) is 0.269. The van der Waals surface area contributed by atoms with Crippen molar-refractivity contribution in [2.75, 3.05) is 0 Å². The standard InChI is InChI=1S/C17H14N2O4/c18-19-15(16(20)22-11-13-7-3-1-4-8-13)17(21)23-12-14-9-5-2-6-10-14/h1-10H,11-12H2. The fraction of sp³-hybridized carbons (Fsp3) is 0.118. The zero-order valence-electron chi connectivity index (χ0n) is 12.2. The van der Waals surface area contributed by atoms with Crippen molar-refractivity contribution in [2.45, 2.75) is 13.2 Å². The Morgan fingerprint density at radius 1 is 0.783 bits per heavy atom. The second-order valence-corrected chi connectivity index (χ2v) is 4.57. The third-order valence-electron chi connectivity index (χ3n) is 2.91. The first kappa shape index (κ1) is 16.1. The van der Waals surface area contributed by atoms with Crippen molar-refractivity contribution in [1.82, 2.24) is 0 Å². The largest absolute Gasteiger partial charge is 0.482 e. The summed E-state index contributed by atoms with van der Waals surface area (Å²) in [5.41, 5.74) is 9.55. The minimum Gasteiger partial charge on any atom is -0.452 e. The van der Waals surface area contributed by atoms with E-state index in [-0.39, 0.29) is 13.2 Å². The van der Waals surface area contributed by atoms with Crippen molar-refractivity contribution >= 4 is 17.7 Å². The van der Waals surface area contributed by atoms with Crippen LogP contribution in [0.15, 0.2) is 60.7 Å². The molecule has 0 aliphatic rings. The first-order chi connectivity index (χ1) is 11.2. The van der Waals surface area contributed by atoms with Crippen LogP contribution in [0.4, 0.5) is 0 Å². The van der Waals surface area contributed by atoms with Gasteiger partial charge in [-0.3, -0.25) is 0 Å². The number of benzene rings is 2. The van der Waals surface area contributed by atoms with Crippen LogP contribution in [0, 0.1) is 0 Å². The van der Waals surface area contributed by atoms with Gasteiger partial charge in [-0.1, -0.05) is 60.7 Å². The molecule has 0 N–H and O–H groups in total. The molecule has 0 spiro atoms. The van der Waals surface area contributed by atoms with Gasteiger partial charge in [0.2, 0.25) is 0 Å². The average Bonchev–Trinajstić information content (AvgIpc) is 2.60. The molecule has 0 fully saturated rings. The van der Waals surface area contributed by atoms with Gasteiger partial charge in [0.15, 0.2) is 0 Å². The summed E-state index contributed by atoms with van der Waals surface area (Å²) in [7, 11) is 0. The Bertz CT molecular complexity index is 665. The first-order valence-electron chi connectivity index (χ1n) is 6.85. The summed E-state index contributed by atoms with van der Waals surface area (Å²) < 4.78 is 9.85. The van der Waals surface area contributed by atoms with E-state index in [0.29, 0.717) is 0 Å². The van der Waals surface area contributed by atoms with Crippen LogP contribution in [0.25, 0.3) is 5.53 Å². The first-order valence-corrected chi connectivity index (χ1v) is 6.85. The average molecular weight is 310 g/mol. The van der Waals surface area contributed by atoms with Crippen LogP contribution in [0.1, 0.15) is 11.1 Å². The van der Waals surface area contributed by atoms with Crippen LogP contribution in [0.5, 0.6) is 0 Å². The molecule has 23 heavy (non-hydrogen) atoms. The van der Waals surface area contributed by atoms with E-state index in [1.165, 1.54) is 0 Å². The molecule has 0 aliphatic carbocycles. The zero-order chi connectivity index (χ0) is 16.5. The van der Waals surface area contributed by atoms with Gasteiger partial charge in [0.25, 0.3) is 0 Å². The van der Waals surface area contributed by atoms with Crippen LogP contribution in [-0.4, -0.2) is 22.4 Å². The number of hydrogen-bond acceptors (Lipinski definition) is 4. The number of ether oxygens (including phenoxy) is 2. The molecule has 0 saturated heterocycles. The van der Waals surface area contributed by atoms with E-state index < -0.39 is 17.7 Å². The van der Waals surface area contributed by atoms with E-state index in [9.17, 15) is 9.59 Å². The smallest absolute Gasteiger partial charge is 0.452 e. The van der Waals surface area contributed by atoms with Gasteiger partial charge in [-0.25, -0.2) is 9.59 Å². The topological polar surface area (TPSA) is 89.0 Å². The van der Waals surface area contributed by atoms with Crippen molar-refractivity contribution < 1.29 is 23.9 Å². The van der Waals surface area contributed by atoms with Crippen molar-refractivity contribution in [1.29, 1.82) is 0 Å². The van der Waals surface area contributed by atoms with Crippen LogP contribution >= 0.6 is 0 Å². The highest BCUT2D eigenvalue weighted by Crippen LogP contribution is 2.03. The summed E-state index contributed by atoms with van der Waals surface area (Å²) in [5, 5.41) is 0. The zero-order valence-corrected chi connectivity index (χ0v) is 12.2. The molecular formula is C17H14N2O4. The molecule has 6 heteroatoms. The van der Waals surface area contributed by atoms with Crippen molar-refractivity contribution in [3.8, 4) is 0 Å². The summed E-state index contributed by atoms with van der Waals surface area (Å²) in [6.07, 6.45) is 0. The molecule has 0 atom stereocenters. The van der Waals surface area contributed by atoms with Gasteiger partial charge < -0.3 is 15.0 Å². The van der Waals surface area contributed by atoms with E-state index in [1.807, 2.05) is 12.1 Å². The van der Waals surface area contributed by atoms with E-state index in [0.717, 1.165) is 11.1 Å². The van der Waals surface area contributed by atoms with Gasteiger partial charge in [0.1, 0.15) is 13.2 Å². The number of carbonyl (C=O) groups excluding carboxylic acids is 2. The molecule has 0 aromatic heterocycles. The molecule has 2 aromatic rings. The number of esters is 2. The molecule has 0 aliphatic heterocycles. The molecule has 116 valence electrons. The third-order valence-corrected chi connectivity index (χ3v) is 2.91. The van der Waals surface area contributed by atoms with Crippen LogP contribution < -0.4 is 0 Å². The summed E-state index contributed by atoms with van der Waals surface area (Å²) >= 11 is 0. The number of carbonyl (C=O) groups is 2. The van der Waals surface area contributed by atoms with Gasteiger partial charge >= 0.3 is 17.7 Å². The summed E-state index contributed by atoms with van der Waals surface area (Å²) in [6, 6.07) is 17.9. The third kappa shape index (κ3) is 4.91. The monoisotopic (exact) mass is 310 g/mol.